The lowest BCUT2D eigenvalue weighted by atomic mass is 9.74. The zero-order valence-electron chi connectivity index (χ0n) is 23.6. The van der Waals surface area contributed by atoms with Gasteiger partial charge in [-0.05, 0) is 59.7 Å². The zero-order valence-corrected chi connectivity index (χ0v) is 23.6. The summed E-state index contributed by atoms with van der Waals surface area (Å²) in [6.45, 7) is 4.68. The molecule has 0 bridgehead atoms. The number of anilines is 2. The summed E-state index contributed by atoms with van der Waals surface area (Å²) in [5.41, 5.74) is 12.0. The third kappa shape index (κ3) is 3.11. The fourth-order valence-electron chi connectivity index (χ4n) is 7.33. The van der Waals surface area contributed by atoms with Crippen molar-refractivity contribution in [2.24, 2.45) is 0 Å². The van der Waals surface area contributed by atoms with Gasteiger partial charge in [0.25, 0.3) is 0 Å². The van der Waals surface area contributed by atoms with Crippen molar-refractivity contribution in [1.82, 2.24) is 9.13 Å². The van der Waals surface area contributed by atoms with Crippen LogP contribution in [0.4, 0.5) is 11.4 Å². The first-order valence-electron chi connectivity index (χ1n) is 14.6. The van der Waals surface area contributed by atoms with E-state index in [-0.39, 0.29) is 5.41 Å². The van der Waals surface area contributed by atoms with E-state index in [1.165, 1.54) is 54.7 Å². The molecular formula is C39H29N3. The molecule has 0 amide bonds. The predicted molar refractivity (Wildman–Crippen MR) is 177 cm³/mol. The number of nitrogens with zero attached hydrogens (tertiary/aromatic N) is 2. The van der Waals surface area contributed by atoms with E-state index in [0.29, 0.717) is 0 Å². The number of hydrogen-bond donors (Lipinski definition) is 1. The van der Waals surface area contributed by atoms with E-state index in [9.17, 15) is 0 Å². The molecule has 0 unspecified atom stereocenters. The highest BCUT2D eigenvalue weighted by Gasteiger charge is 2.33. The Morgan fingerprint density at radius 3 is 1.12 bits per heavy atom. The number of aromatic nitrogens is 2. The Bertz CT molecular complexity index is 2090. The van der Waals surface area contributed by atoms with Crippen LogP contribution in [0.5, 0.6) is 0 Å². The van der Waals surface area contributed by atoms with Crippen LogP contribution in [0.3, 0.4) is 0 Å². The number of hydrogen-bond acceptors (Lipinski definition) is 1. The maximum atomic E-state index is 3.87. The molecule has 0 radical (unpaired) electrons. The fourth-order valence-corrected chi connectivity index (χ4v) is 7.33. The first-order chi connectivity index (χ1) is 20.6. The zero-order chi connectivity index (χ0) is 28.0. The minimum absolute atomic E-state index is 0.144. The molecule has 1 aliphatic rings. The van der Waals surface area contributed by atoms with Crippen LogP contribution < -0.4 is 5.32 Å². The van der Waals surface area contributed by atoms with E-state index in [4.69, 9.17) is 0 Å². The molecule has 3 nitrogen and oxygen atoms in total. The summed E-state index contributed by atoms with van der Waals surface area (Å²) >= 11 is 0. The Labute approximate surface area is 244 Å². The van der Waals surface area contributed by atoms with Gasteiger partial charge in [-0.15, -0.1) is 0 Å². The molecule has 6 aromatic carbocycles. The topological polar surface area (TPSA) is 21.9 Å². The van der Waals surface area contributed by atoms with Crippen molar-refractivity contribution >= 4 is 55.0 Å². The molecule has 1 aliphatic heterocycles. The van der Waals surface area contributed by atoms with Gasteiger partial charge in [0.2, 0.25) is 0 Å². The van der Waals surface area contributed by atoms with Gasteiger partial charge < -0.3 is 14.5 Å². The Kier molecular flexibility index (Phi) is 4.67. The van der Waals surface area contributed by atoms with Crippen molar-refractivity contribution in [2.75, 3.05) is 5.32 Å². The van der Waals surface area contributed by atoms with E-state index in [2.05, 4.69) is 162 Å². The lowest BCUT2D eigenvalue weighted by Gasteiger charge is -2.36. The Morgan fingerprint density at radius 2 is 0.762 bits per heavy atom. The molecule has 8 aromatic rings. The number of nitrogens with one attached hydrogen (secondary N) is 1. The average molecular weight is 540 g/mol. The first-order valence-corrected chi connectivity index (χ1v) is 14.6. The van der Waals surface area contributed by atoms with Gasteiger partial charge in [0, 0.05) is 49.7 Å². The molecular weight excluding hydrogens is 510 g/mol. The molecule has 3 heterocycles. The molecule has 0 saturated heterocycles. The van der Waals surface area contributed by atoms with Crippen LogP contribution >= 0.6 is 0 Å². The second-order valence-electron chi connectivity index (χ2n) is 11.9. The number of para-hydroxylation sites is 4. The van der Waals surface area contributed by atoms with Crippen LogP contribution in [-0.2, 0) is 5.41 Å². The van der Waals surface area contributed by atoms with Crippen molar-refractivity contribution in [1.29, 1.82) is 0 Å². The maximum Gasteiger partial charge on any atom is 0.0541 e. The van der Waals surface area contributed by atoms with Crippen LogP contribution in [0.15, 0.2) is 133 Å². The molecule has 0 aliphatic carbocycles. The molecule has 9 rings (SSSR count). The van der Waals surface area contributed by atoms with Crippen LogP contribution in [0.25, 0.3) is 55.0 Å². The normalized spacial score (nSPS) is 13.9. The average Bonchev–Trinajstić information content (AvgIpc) is 3.54. The minimum atomic E-state index is -0.144. The van der Waals surface area contributed by atoms with Crippen molar-refractivity contribution < 1.29 is 0 Å². The first kappa shape index (κ1) is 23.4. The van der Waals surface area contributed by atoms with Gasteiger partial charge in [-0.3, -0.25) is 0 Å². The van der Waals surface area contributed by atoms with Gasteiger partial charge >= 0.3 is 0 Å². The van der Waals surface area contributed by atoms with Gasteiger partial charge in [0.05, 0.1) is 22.1 Å². The second-order valence-corrected chi connectivity index (χ2v) is 11.9. The molecule has 0 fully saturated rings. The molecule has 3 heteroatoms. The lowest BCUT2D eigenvalue weighted by molar-refractivity contribution is 0.638. The Hall–Kier alpha value is -5.28. The molecule has 0 spiro atoms. The second kappa shape index (κ2) is 8.37. The summed E-state index contributed by atoms with van der Waals surface area (Å²) in [5.74, 6) is 0. The van der Waals surface area contributed by atoms with E-state index in [1.54, 1.807) is 0 Å². The van der Waals surface area contributed by atoms with Gasteiger partial charge in [0.15, 0.2) is 0 Å². The largest absolute Gasteiger partial charge is 0.355 e. The highest BCUT2D eigenvalue weighted by atomic mass is 15.0. The van der Waals surface area contributed by atoms with Crippen LogP contribution in [-0.4, -0.2) is 9.13 Å². The molecule has 200 valence electrons. The van der Waals surface area contributed by atoms with Crippen molar-refractivity contribution in [3.8, 4) is 11.4 Å². The van der Waals surface area contributed by atoms with Gasteiger partial charge in [0.1, 0.15) is 0 Å². The highest BCUT2D eigenvalue weighted by molar-refractivity contribution is 6.10. The summed E-state index contributed by atoms with van der Waals surface area (Å²) in [5, 5.41) is 8.98. The van der Waals surface area contributed by atoms with Crippen molar-refractivity contribution in [3.05, 3.63) is 145 Å². The predicted octanol–water partition coefficient (Wildman–Crippen LogP) is 10.3. The van der Waals surface area contributed by atoms with E-state index in [1.807, 2.05) is 0 Å². The monoisotopic (exact) mass is 539 g/mol. The van der Waals surface area contributed by atoms with Gasteiger partial charge in [-0.2, -0.15) is 0 Å². The van der Waals surface area contributed by atoms with Crippen molar-refractivity contribution in [3.63, 3.8) is 0 Å². The summed E-state index contributed by atoms with van der Waals surface area (Å²) < 4.78 is 4.79. The van der Waals surface area contributed by atoms with Crippen LogP contribution in [0, 0.1) is 0 Å². The van der Waals surface area contributed by atoms with Crippen molar-refractivity contribution in [2.45, 2.75) is 19.3 Å². The minimum Gasteiger partial charge on any atom is -0.355 e. The lowest BCUT2D eigenvalue weighted by Crippen LogP contribution is -2.26. The third-order valence-corrected chi connectivity index (χ3v) is 9.30. The summed E-state index contributed by atoms with van der Waals surface area (Å²) in [7, 11) is 0. The summed E-state index contributed by atoms with van der Waals surface area (Å²) in [6.07, 6.45) is 0. The van der Waals surface area contributed by atoms with Crippen LogP contribution in [0.2, 0.25) is 0 Å². The Balaban J connectivity index is 1.23. The quantitative estimate of drug-likeness (QED) is 0.232. The highest BCUT2D eigenvalue weighted by Crippen LogP contribution is 2.47. The van der Waals surface area contributed by atoms with Gasteiger partial charge in [-0.25, -0.2) is 0 Å². The van der Waals surface area contributed by atoms with E-state index >= 15 is 0 Å². The standard InChI is InChI=1S/C39H29N3/c1-39(2)31-21-19-25(41-35-15-7-3-11-27(35)28-12-4-8-16-36(28)41)23-33(31)40-34-24-26(20-22-32(34)39)42-37-17-9-5-13-29(37)30-14-6-10-18-38(30)42/h3-24,40H,1-2H3. The summed E-state index contributed by atoms with van der Waals surface area (Å²) in [4.78, 5) is 0. The van der Waals surface area contributed by atoms with E-state index < -0.39 is 0 Å². The smallest absolute Gasteiger partial charge is 0.0541 e. The fraction of sp³-hybridized carbons (Fsp3) is 0.0769. The molecule has 0 saturated carbocycles. The molecule has 2 aromatic heterocycles. The maximum absolute atomic E-state index is 3.87. The number of fused-ring (bicyclic) bond motifs is 8. The molecule has 42 heavy (non-hydrogen) atoms. The third-order valence-electron chi connectivity index (χ3n) is 9.30. The molecule has 0 atom stereocenters. The van der Waals surface area contributed by atoms with E-state index in [0.717, 1.165) is 22.7 Å². The number of rotatable bonds is 2. The SMILES string of the molecule is CC1(C)c2ccc(-n3c4ccccc4c4ccccc43)cc2Nc2cc(-n3c4ccccc4c4ccccc43)ccc21. The molecule has 1 N–H and O–H groups in total. The van der Waals surface area contributed by atoms with Gasteiger partial charge in [-0.1, -0.05) is 98.8 Å². The Morgan fingerprint density at radius 1 is 0.429 bits per heavy atom. The number of benzene rings is 6. The van der Waals surface area contributed by atoms with Crippen LogP contribution in [0.1, 0.15) is 25.0 Å². The summed E-state index contributed by atoms with van der Waals surface area (Å²) in [6, 6.07) is 48.6.